The average Bonchev–Trinajstić information content (AvgIpc) is 2.66. The van der Waals surface area contributed by atoms with Crippen LogP contribution in [0, 0.1) is 0 Å². The van der Waals surface area contributed by atoms with E-state index in [1.165, 1.54) is 34.6 Å². The molecule has 1 heterocycles. The van der Waals surface area contributed by atoms with Gasteiger partial charge in [0.2, 0.25) is 0 Å². The summed E-state index contributed by atoms with van der Waals surface area (Å²) in [5.74, 6) is 0. The molecule has 4 rings (SSSR count). The van der Waals surface area contributed by atoms with Crippen molar-refractivity contribution in [3.63, 3.8) is 0 Å². The highest BCUT2D eigenvalue weighted by Crippen LogP contribution is 2.32. The molecular weight excluding hydrogens is 370 g/mol. The van der Waals surface area contributed by atoms with E-state index in [0.717, 1.165) is 27.7 Å². The number of pyridine rings is 1. The minimum atomic E-state index is 1.06. The van der Waals surface area contributed by atoms with Crippen LogP contribution < -0.4 is 0 Å². The third-order valence-corrected chi connectivity index (χ3v) is 5.25. The predicted octanol–water partition coefficient (Wildman–Crippen LogP) is 7.16. The molecule has 0 saturated heterocycles. The van der Waals surface area contributed by atoms with Crippen molar-refractivity contribution in [2.24, 2.45) is 0 Å². The van der Waals surface area contributed by atoms with Crippen molar-refractivity contribution in [3.05, 3.63) is 76.8 Å². The van der Waals surface area contributed by atoms with Crippen LogP contribution in [0.2, 0.25) is 0 Å². The molecule has 0 bridgehead atoms. The molecule has 0 aliphatic carbocycles. The van der Waals surface area contributed by atoms with Crippen LogP contribution in [0.15, 0.2) is 71.2 Å². The fourth-order valence-corrected chi connectivity index (χ4v) is 3.69. The van der Waals surface area contributed by atoms with Gasteiger partial charge in [0.25, 0.3) is 0 Å². The van der Waals surface area contributed by atoms with Gasteiger partial charge in [0.1, 0.15) is 0 Å². The van der Waals surface area contributed by atoms with Gasteiger partial charge in [0.05, 0.1) is 11.2 Å². The van der Waals surface area contributed by atoms with Crippen LogP contribution in [0.5, 0.6) is 0 Å². The van der Waals surface area contributed by atoms with Crippen LogP contribution in [0.3, 0.4) is 0 Å². The lowest BCUT2D eigenvalue weighted by Gasteiger charge is -2.12. The van der Waals surface area contributed by atoms with Crippen LogP contribution in [0.4, 0.5) is 0 Å². The fraction of sp³-hybridized carbons (Fsp3) is 0.174. The lowest BCUT2D eigenvalue weighted by atomic mass is 9.96. The van der Waals surface area contributed by atoms with Crippen LogP contribution in [0.1, 0.15) is 25.3 Å². The molecule has 1 aromatic heterocycles. The molecule has 2 heteroatoms. The number of hydrogen-bond acceptors (Lipinski definition) is 1. The number of aromatic nitrogens is 1. The Labute approximate surface area is 156 Å². The van der Waals surface area contributed by atoms with Gasteiger partial charge < -0.3 is 0 Å². The Morgan fingerprint density at radius 3 is 2.52 bits per heavy atom. The third-order valence-electron chi connectivity index (χ3n) is 4.72. The van der Waals surface area contributed by atoms with Gasteiger partial charge in [-0.25, -0.2) is 4.98 Å². The van der Waals surface area contributed by atoms with Crippen molar-refractivity contribution in [1.29, 1.82) is 0 Å². The summed E-state index contributed by atoms with van der Waals surface area (Å²) in [7, 11) is 0. The molecule has 0 fully saturated rings. The molecular formula is C23H20BrN. The number of unbranched alkanes of at least 4 members (excludes halogenated alkanes) is 1. The normalized spacial score (nSPS) is 11.3. The molecule has 3 aromatic carbocycles. The number of halogens is 1. The molecule has 0 aliphatic heterocycles. The van der Waals surface area contributed by atoms with Crippen molar-refractivity contribution in [1.82, 2.24) is 4.98 Å². The summed E-state index contributed by atoms with van der Waals surface area (Å²) in [6, 6.07) is 23.7. The maximum Gasteiger partial charge on any atom is 0.0718 e. The van der Waals surface area contributed by atoms with Crippen molar-refractivity contribution >= 4 is 37.6 Å². The summed E-state index contributed by atoms with van der Waals surface area (Å²) in [6.07, 6.45) is 3.48. The minimum Gasteiger partial charge on any atom is -0.248 e. The number of fused-ring (bicyclic) bond motifs is 3. The quantitative estimate of drug-likeness (QED) is 0.337. The molecule has 0 atom stereocenters. The summed E-state index contributed by atoms with van der Waals surface area (Å²) >= 11 is 3.51. The van der Waals surface area contributed by atoms with E-state index in [0.29, 0.717) is 0 Å². The van der Waals surface area contributed by atoms with Gasteiger partial charge in [-0.05, 0) is 53.4 Å². The lowest BCUT2D eigenvalue weighted by molar-refractivity contribution is 0.799. The molecule has 1 nitrogen and oxygen atoms in total. The smallest absolute Gasteiger partial charge is 0.0718 e. The van der Waals surface area contributed by atoms with Crippen LogP contribution in [0.25, 0.3) is 32.9 Å². The number of aryl methyl sites for hydroxylation is 1. The summed E-state index contributed by atoms with van der Waals surface area (Å²) in [5, 5.41) is 3.90. The van der Waals surface area contributed by atoms with Gasteiger partial charge in [0, 0.05) is 15.4 Å². The van der Waals surface area contributed by atoms with E-state index in [4.69, 9.17) is 4.98 Å². The van der Waals surface area contributed by atoms with Crippen molar-refractivity contribution in [3.8, 4) is 11.3 Å². The van der Waals surface area contributed by atoms with E-state index < -0.39 is 0 Å². The van der Waals surface area contributed by atoms with E-state index >= 15 is 0 Å². The second-order valence-corrected chi connectivity index (χ2v) is 7.37. The standard InChI is InChI=1S/C23H20BrN/c1-2-3-6-18-15-22(17-9-12-19(24)13-10-17)25-21-14-11-16-7-4-5-8-20(16)23(18)21/h4-5,7-15H,2-3,6H2,1H3. The first kappa shape index (κ1) is 16.3. The second-order valence-electron chi connectivity index (χ2n) is 6.46. The molecule has 124 valence electrons. The predicted molar refractivity (Wildman–Crippen MR) is 111 cm³/mol. The Hall–Kier alpha value is -2.19. The fourth-order valence-electron chi connectivity index (χ4n) is 3.42. The number of rotatable bonds is 4. The van der Waals surface area contributed by atoms with Gasteiger partial charge in [-0.2, -0.15) is 0 Å². The van der Waals surface area contributed by atoms with E-state index in [1.807, 2.05) is 0 Å². The molecule has 0 radical (unpaired) electrons. The van der Waals surface area contributed by atoms with Crippen LogP contribution in [-0.4, -0.2) is 4.98 Å². The van der Waals surface area contributed by atoms with E-state index in [1.54, 1.807) is 0 Å². The van der Waals surface area contributed by atoms with Crippen molar-refractivity contribution in [2.45, 2.75) is 26.2 Å². The van der Waals surface area contributed by atoms with E-state index in [-0.39, 0.29) is 0 Å². The van der Waals surface area contributed by atoms with Crippen molar-refractivity contribution in [2.75, 3.05) is 0 Å². The summed E-state index contributed by atoms with van der Waals surface area (Å²) < 4.78 is 1.09. The molecule has 0 amide bonds. The minimum absolute atomic E-state index is 1.06. The molecule has 4 aromatic rings. The number of nitrogens with zero attached hydrogens (tertiary/aromatic N) is 1. The Kier molecular flexibility index (Phi) is 4.54. The van der Waals surface area contributed by atoms with E-state index in [9.17, 15) is 0 Å². The zero-order chi connectivity index (χ0) is 17.2. The Morgan fingerprint density at radius 2 is 1.72 bits per heavy atom. The highest BCUT2D eigenvalue weighted by atomic mass is 79.9. The summed E-state index contributed by atoms with van der Waals surface area (Å²) in [5.41, 5.74) is 4.71. The topological polar surface area (TPSA) is 12.9 Å². The van der Waals surface area contributed by atoms with Gasteiger partial charge in [-0.1, -0.05) is 71.7 Å². The summed E-state index contributed by atoms with van der Waals surface area (Å²) in [6.45, 7) is 2.25. The maximum atomic E-state index is 4.98. The highest BCUT2D eigenvalue weighted by Gasteiger charge is 2.10. The first-order valence-corrected chi connectivity index (χ1v) is 9.63. The first-order chi connectivity index (χ1) is 12.3. The monoisotopic (exact) mass is 389 g/mol. The van der Waals surface area contributed by atoms with E-state index in [2.05, 4.69) is 89.6 Å². The van der Waals surface area contributed by atoms with Crippen molar-refractivity contribution < 1.29 is 0 Å². The van der Waals surface area contributed by atoms with Gasteiger partial charge in [-0.15, -0.1) is 0 Å². The molecule has 0 aliphatic rings. The lowest BCUT2D eigenvalue weighted by Crippen LogP contribution is -1.94. The summed E-state index contributed by atoms with van der Waals surface area (Å²) in [4.78, 5) is 4.98. The third kappa shape index (κ3) is 3.19. The highest BCUT2D eigenvalue weighted by molar-refractivity contribution is 9.10. The van der Waals surface area contributed by atoms with Gasteiger partial charge in [-0.3, -0.25) is 0 Å². The molecule has 0 spiro atoms. The number of benzene rings is 3. The zero-order valence-corrected chi connectivity index (χ0v) is 15.9. The maximum absolute atomic E-state index is 4.98. The van der Waals surface area contributed by atoms with Gasteiger partial charge in [0.15, 0.2) is 0 Å². The average molecular weight is 390 g/mol. The molecule has 0 N–H and O–H groups in total. The molecule has 0 saturated carbocycles. The Bertz CT molecular complexity index is 1040. The first-order valence-electron chi connectivity index (χ1n) is 8.83. The second kappa shape index (κ2) is 6.97. The van der Waals surface area contributed by atoms with Crippen LogP contribution >= 0.6 is 15.9 Å². The Morgan fingerprint density at radius 1 is 0.920 bits per heavy atom. The number of hydrogen-bond donors (Lipinski definition) is 0. The van der Waals surface area contributed by atoms with Gasteiger partial charge >= 0.3 is 0 Å². The Balaban J connectivity index is 1.98. The zero-order valence-electron chi connectivity index (χ0n) is 14.3. The molecule has 25 heavy (non-hydrogen) atoms. The van der Waals surface area contributed by atoms with Crippen LogP contribution in [-0.2, 0) is 6.42 Å². The molecule has 0 unspecified atom stereocenters. The largest absolute Gasteiger partial charge is 0.248 e. The SMILES string of the molecule is CCCCc1cc(-c2ccc(Br)cc2)nc2ccc3ccccc3c12.